The summed E-state index contributed by atoms with van der Waals surface area (Å²) in [5, 5.41) is 37.7. The molecule has 0 spiro atoms. The standard InChI is InChI=1S/C18H9F3O9/c19-18(20,21)7-3-1-2-5-4-6-8(14(22)23)9(15(24)25)10(16(26)27)11(17(28)29)13(6)30-12(5)7/h1-3H,4H2,(H,22,23)(H,24,25)(H,26,27)(H,28,29). The van der Waals surface area contributed by atoms with Gasteiger partial charge in [-0.1, -0.05) is 12.1 Å². The van der Waals surface area contributed by atoms with Crippen molar-refractivity contribution >= 4 is 23.9 Å². The van der Waals surface area contributed by atoms with Crippen LogP contribution in [-0.4, -0.2) is 44.3 Å². The van der Waals surface area contributed by atoms with Crippen molar-refractivity contribution in [3.05, 3.63) is 57.1 Å². The minimum atomic E-state index is -4.92. The summed E-state index contributed by atoms with van der Waals surface area (Å²) >= 11 is 0. The molecule has 2 aromatic carbocycles. The minimum absolute atomic E-state index is 0.185. The molecule has 0 bridgehead atoms. The molecule has 0 aliphatic carbocycles. The van der Waals surface area contributed by atoms with E-state index in [-0.39, 0.29) is 5.56 Å². The summed E-state index contributed by atoms with van der Waals surface area (Å²) < 4.78 is 45.1. The number of carbonyl (C=O) groups is 4. The molecule has 4 N–H and O–H groups in total. The Morgan fingerprint density at radius 3 is 1.73 bits per heavy atom. The van der Waals surface area contributed by atoms with E-state index in [2.05, 4.69) is 0 Å². The van der Waals surface area contributed by atoms with Gasteiger partial charge < -0.3 is 25.2 Å². The van der Waals surface area contributed by atoms with Crippen LogP contribution < -0.4 is 4.74 Å². The van der Waals surface area contributed by atoms with E-state index < -0.39 is 81.4 Å². The normalized spacial score (nSPS) is 12.4. The molecule has 9 nitrogen and oxygen atoms in total. The monoisotopic (exact) mass is 426 g/mol. The molecule has 0 saturated heterocycles. The van der Waals surface area contributed by atoms with E-state index in [1.54, 1.807) is 0 Å². The molecular weight excluding hydrogens is 417 g/mol. The molecule has 1 aliphatic rings. The third-order valence-electron chi connectivity index (χ3n) is 4.38. The van der Waals surface area contributed by atoms with Crippen molar-refractivity contribution < 1.29 is 57.5 Å². The second kappa shape index (κ2) is 6.76. The Labute approximate surface area is 163 Å². The Balaban J connectivity index is 2.49. The first-order chi connectivity index (χ1) is 13.9. The smallest absolute Gasteiger partial charge is 0.419 e. The van der Waals surface area contributed by atoms with Crippen LogP contribution in [0.4, 0.5) is 13.2 Å². The van der Waals surface area contributed by atoms with Crippen molar-refractivity contribution in [1.82, 2.24) is 0 Å². The second-order valence-corrected chi connectivity index (χ2v) is 6.10. The lowest BCUT2D eigenvalue weighted by atomic mass is 9.85. The van der Waals surface area contributed by atoms with Crippen LogP contribution in [0, 0.1) is 0 Å². The Morgan fingerprint density at radius 2 is 1.27 bits per heavy atom. The van der Waals surface area contributed by atoms with Gasteiger partial charge in [-0.2, -0.15) is 13.2 Å². The lowest BCUT2D eigenvalue weighted by molar-refractivity contribution is -0.138. The highest BCUT2D eigenvalue weighted by molar-refractivity contribution is 6.16. The summed E-state index contributed by atoms with van der Waals surface area (Å²) in [5.41, 5.74) is -7.11. The Bertz CT molecular complexity index is 1150. The first kappa shape index (κ1) is 20.6. The molecular formula is C18H9F3O9. The zero-order chi connectivity index (χ0) is 22.5. The molecule has 0 amide bonds. The Hall–Kier alpha value is -4.09. The van der Waals surface area contributed by atoms with Crippen LogP contribution in [0.2, 0.25) is 0 Å². The molecule has 0 radical (unpaired) electrons. The Morgan fingerprint density at radius 1 is 0.767 bits per heavy atom. The SMILES string of the molecule is O=C(O)c1c2c(c(C(=O)O)c(C(=O)O)c1C(=O)O)Oc1c(cccc1C(F)(F)F)C2. The third kappa shape index (κ3) is 3.07. The number of halogens is 3. The van der Waals surface area contributed by atoms with Crippen LogP contribution in [0.15, 0.2) is 18.2 Å². The minimum Gasteiger partial charge on any atom is -0.478 e. The van der Waals surface area contributed by atoms with Gasteiger partial charge in [0.1, 0.15) is 17.1 Å². The number of para-hydroxylation sites is 1. The first-order valence-electron chi connectivity index (χ1n) is 7.89. The zero-order valence-electron chi connectivity index (χ0n) is 14.4. The van der Waals surface area contributed by atoms with Crippen molar-refractivity contribution in [3.63, 3.8) is 0 Å². The molecule has 0 fully saturated rings. The zero-order valence-corrected chi connectivity index (χ0v) is 14.4. The molecule has 0 atom stereocenters. The van der Waals surface area contributed by atoms with Gasteiger partial charge in [-0.3, -0.25) is 0 Å². The van der Waals surface area contributed by atoms with E-state index in [9.17, 15) is 52.8 Å². The largest absolute Gasteiger partial charge is 0.478 e. The maximum Gasteiger partial charge on any atom is 0.419 e. The van der Waals surface area contributed by atoms with E-state index >= 15 is 0 Å². The number of alkyl halides is 3. The van der Waals surface area contributed by atoms with Crippen LogP contribution >= 0.6 is 0 Å². The molecule has 1 heterocycles. The summed E-state index contributed by atoms with van der Waals surface area (Å²) in [4.78, 5) is 46.8. The highest BCUT2D eigenvalue weighted by Crippen LogP contribution is 2.48. The second-order valence-electron chi connectivity index (χ2n) is 6.10. The van der Waals surface area contributed by atoms with E-state index in [0.29, 0.717) is 6.07 Å². The molecule has 0 saturated carbocycles. The van der Waals surface area contributed by atoms with Crippen molar-refractivity contribution in [3.8, 4) is 11.5 Å². The van der Waals surface area contributed by atoms with Crippen molar-refractivity contribution in [2.24, 2.45) is 0 Å². The van der Waals surface area contributed by atoms with Gasteiger partial charge in [-0.25, -0.2) is 19.2 Å². The predicted molar refractivity (Wildman–Crippen MR) is 88.6 cm³/mol. The number of hydrogen-bond acceptors (Lipinski definition) is 5. The van der Waals surface area contributed by atoms with Gasteiger partial charge in [0.15, 0.2) is 0 Å². The van der Waals surface area contributed by atoms with Crippen LogP contribution in [-0.2, 0) is 12.6 Å². The summed E-state index contributed by atoms with van der Waals surface area (Å²) in [6, 6.07) is 2.81. The van der Waals surface area contributed by atoms with Gasteiger partial charge in [-0.15, -0.1) is 0 Å². The van der Waals surface area contributed by atoms with Crippen LogP contribution in [0.5, 0.6) is 11.5 Å². The van der Waals surface area contributed by atoms with Crippen molar-refractivity contribution in [1.29, 1.82) is 0 Å². The fourth-order valence-corrected chi connectivity index (χ4v) is 3.29. The summed E-state index contributed by atoms with van der Waals surface area (Å²) in [6.45, 7) is 0. The van der Waals surface area contributed by atoms with E-state index in [1.807, 2.05) is 0 Å². The quantitative estimate of drug-likeness (QED) is 0.491. The molecule has 1 aliphatic heterocycles. The predicted octanol–water partition coefficient (Wildman–Crippen LogP) is 3.19. The average molecular weight is 426 g/mol. The summed E-state index contributed by atoms with van der Waals surface area (Å²) in [6.07, 6.45) is -5.55. The van der Waals surface area contributed by atoms with Crippen molar-refractivity contribution in [2.45, 2.75) is 12.6 Å². The average Bonchev–Trinajstić information content (AvgIpc) is 2.62. The number of ether oxygens (including phenoxy) is 1. The highest BCUT2D eigenvalue weighted by Gasteiger charge is 2.42. The highest BCUT2D eigenvalue weighted by atomic mass is 19.4. The van der Waals surface area contributed by atoms with E-state index in [0.717, 1.165) is 12.1 Å². The maximum atomic E-state index is 13.3. The fraction of sp³-hybridized carbons (Fsp3) is 0.111. The molecule has 0 aromatic heterocycles. The first-order valence-corrected chi connectivity index (χ1v) is 7.89. The number of benzene rings is 2. The number of carboxylic acid groups (broad SMARTS) is 4. The van der Waals surface area contributed by atoms with Gasteiger partial charge in [0.2, 0.25) is 0 Å². The van der Waals surface area contributed by atoms with Gasteiger partial charge in [-0.05, 0) is 11.6 Å². The number of hydrogen-bond donors (Lipinski definition) is 4. The van der Waals surface area contributed by atoms with Gasteiger partial charge in [0, 0.05) is 12.0 Å². The van der Waals surface area contributed by atoms with Crippen molar-refractivity contribution in [2.75, 3.05) is 0 Å². The van der Waals surface area contributed by atoms with Gasteiger partial charge in [0.05, 0.1) is 22.3 Å². The lowest BCUT2D eigenvalue weighted by Gasteiger charge is -2.27. The van der Waals surface area contributed by atoms with E-state index in [4.69, 9.17) is 4.74 Å². The summed E-state index contributed by atoms with van der Waals surface area (Å²) in [5.74, 6) is -9.86. The number of carboxylic acids is 4. The third-order valence-corrected chi connectivity index (χ3v) is 4.38. The molecule has 30 heavy (non-hydrogen) atoms. The molecule has 2 aromatic rings. The number of fused-ring (bicyclic) bond motifs is 2. The van der Waals surface area contributed by atoms with Gasteiger partial charge in [0.25, 0.3) is 0 Å². The van der Waals surface area contributed by atoms with Crippen LogP contribution in [0.3, 0.4) is 0 Å². The van der Waals surface area contributed by atoms with E-state index in [1.165, 1.54) is 0 Å². The topological polar surface area (TPSA) is 158 Å². The van der Waals surface area contributed by atoms with Gasteiger partial charge >= 0.3 is 30.1 Å². The van der Waals surface area contributed by atoms with Crippen LogP contribution in [0.1, 0.15) is 58.1 Å². The number of rotatable bonds is 4. The lowest BCUT2D eigenvalue weighted by Crippen LogP contribution is -2.25. The van der Waals surface area contributed by atoms with Crippen LogP contribution in [0.25, 0.3) is 0 Å². The maximum absolute atomic E-state index is 13.3. The summed E-state index contributed by atoms with van der Waals surface area (Å²) in [7, 11) is 0. The number of aromatic carboxylic acids is 4. The molecule has 156 valence electrons. The Kier molecular flexibility index (Phi) is 4.65. The molecule has 0 unspecified atom stereocenters. The molecule has 3 rings (SSSR count). The fourth-order valence-electron chi connectivity index (χ4n) is 3.29. The molecule has 12 heteroatoms.